The maximum absolute atomic E-state index is 11.9. The third-order valence-corrected chi connectivity index (χ3v) is 4.66. The minimum atomic E-state index is -1.10. The summed E-state index contributed by atoms with van der Waals surface area (Å²) in [6.07, 6.45) is 1.70. The van der Waals surface area contributed by atoms with Crippen molar-refractivity contribution in [2.75, 3.05) is 7.05 Å². The molecule has 1 atom stereocenters. The van der Waals surface area contributed by atoms with Crippen molar-refractivity contribution in [2.24, 2.45) is 0 Å². The van der Waals surface area contributed by atoms with Crippen LogP contribution in [0.5, 0.6) is 0 Å². The van der Waals surface area contributed by atoms with Gasteiger partial charge in [0.25, 0.3) is 11.8 Å². The van der Waals surface area contributed by atoms with Gasteiger partial charge >= 0.3 is 5.97 Å². The fraction of sp³-hybridized carbons (Fsp3) is 0.200. The number of carbonyl (C=O) groups excluding carboxylic acids is 2. The Bertz CT molecular complexity index is 713. The minimum Gasteiger partial charge on any atom is -0.480 e. The van der Waals surface area contributed by atoms with E-state index >= 15 is 0 Å². The van der Waals surface area contributed by atoms with E-state index < -0.39 is 17.9 Å². The number of likely N-dealkylation sites (N-methyl/N-ethyl adjacent to an activating group) is 1. The molecule has 0 saturated carbocycles. The molecule has 0 radical (unpaired) electrons. The molecule has 1 aliphatic heterocycles. The second-order valence-electron chi connectivity index (χ2n) is 4.90. The summed E-state index contributed by atoms with van der Waals surface area (Å²) in [4.78, 5) is 36.4. The number of nitrogens with one attached hydrogen (secondary N) is 1. The van der Waals surface area contributed by atoms with E-state index in [0.717, 1.165) is 5.56 Å². The SMILES string of the molecule is C[C@@H](NC(=O)c1ccc(/C=C2\SC(=S)N(C)C2=O)cc1)C(=O)O. The summed E-state index contributed by atoms with van der Waals surface area (Å²) in [6, 6.07) is 5.55. The molecular formula is C15H14N2O4S2. The standard InChI is InChI=1S/C15H14N2O4S2/c1-8(14(20)21)16-12(18)10-5-3-9(4-6-10)7-11-13(19)17(2)15(22)23-11/h3-8H,1-2H3,(H,16,18)(H,20,21)/b11-7-/t8-/m1/s1. The van der Waals surface area contributed by atoms with E-state index in [1.807, 2.05) is 0 Å². The molecule has 8 heteroatoms. The largest absolute Gasteiger partial charge is 0.480 e. The Kier molecular flexibility index (Phi) is 5.17. The monoisotopic (exact) mass is 350 g/mol. The van der Waals surface area contributed by atoms with Gasteiger partial charge in [0.05, 0.1) is 4.91 Å². The van der Waals surface area contributed by atoms with Crippen molar-refractivity contribution in [3.63, 3.8) is 0 Å². The highest BCUT2D eigenvalue weighted by Crippen LogP contribution is 2.31. The topological polar surface area (TPSA) is 86.7 Å². The van der Waals surface area contributed by atoms with Crippen molar-refractivity contribution in [3.05, 3.63) is 40.3 Å². The highest BCUT2D eigenvalue weighted by atomic mass is 32.2. The molecule has 1 aliphatic rings. The molecule has 2 rings (SSSR count). The van der Waals surface area contributed by atoms with Gasteiger partial charge in [-0.1, -0.05) is 36.1 Å². The molecular weight excluding hydrogens is 336 g/mol. The summed E-state index contributed by atoms with van der Waals surface area (Å²) in [5.74, 6) is -1.72. The zero-order chi connectivity index (χ0) is 17.1. The fourth-order valence-corrected chi connectivity index (χ4v) is 2.95. The van der Waals surface area contributed by atoms with E-state index in [-0.39, 0.29) is 5.91 Å². The van der Waals surface area contributed by atoms with Crippen LogP contribution >= 0.6 is 24.0 Å². The molecule has 120 valence electrons. The van der Waals surface area contributed by atoms with Crippen LogP contribution in [0.2, 0.25) is 0 Å². The Morgan fingerprint density at radius 1 is 1.35 bits per heavy atom. The van der Waals surface area contributed by atoms with Crippen LogP contribution in [-0.2, 0) is 9.59 Å². The lowest BCUT2D eigenvalue weighted by Gasteiger charge is -2.09. The lowest BCUT2D eigenvalue weighted by Crippen LogP contribution is -2.38. The van der Waals surface area contributed by atoms with Crippen LogP contribution in [0.25, 0.3) is 6.08 Å². The number of carboxylic acid groups (broad SMARTS) is 1. The van der Waals surface area contributed by atoms with Gasteiger partial charge in [0.2, 0.25) is 0 Å². The molecule has 1 fully saturated rings. The van der Waals surface area contributed by atoms with Crippen molar-refractivity contribution < 1.29 is 19.5 Å². The van der Waals surface area contributed by atoms with Crippen LogP contribution in [-0.4, -0.2) is 45.2 Å². The Balaban J connectivity index is 2.11. The summed E-state index contributed by atoms with van der Waals surface area (Å²) in [5.41, 5.74) is 1.10. The molecule has 1 saturated heterocycles. The van der Waals surface area contributed by atoms with E-state index in [1.54, 1.807) is 37.4 Å². The normalized spacial score (nSPS) is 17.5. The van der Waals surface area contributed by atoms with Crippen molar-refractivity contribution in [2.45, 2.75) is 13.0 Å². The Morgan fingerprint density at radius 2 is 1.96 bits per heavy atom. The number of thiocarbonyl (C=S) groups is 1. The fourth-order valence-electron chi connectivity index (χ4n) is 1.77. The number of thioether (sulfide) groups is 1. The van der Waals surface area contributed by atoms with Crippen molar-refractivity contribution in [3.8, 4) is 0 Å². The Hall–Kier alpha value is -2.19. The quantitative estimate of drug-likeness (QED) is 0.635. The van der Waals surface area contributed by atoms with Crippen LogP contribution in [0.15, 0.2) is 29.2 Å². The van der Waals surface area contributed by atoms with Gasteiger partial charge in [-0.05, 0) is 30.7 Å². The van der Waals surface area contributed by atoms with Gasteiger partial charge in [0.1, 0.15) is 10.4 Å². The molecule has 6 nitrogen and oxygen atoms in total. The smallest absolute Gasteiger partial charge is 0.325 e. The number of nitrogens with zero attached hydrogens (tertiary/aromatic N) is 1. The third kappa shape index (κ3) is 3.96. The maximum atomic E-state index is 11.9. The molecule has 1 aromatic carbocycles. The summed E-state index contributed by atoms with van der Waals surface area (Å²) in [6.45, 7) is 1.39. The van der Waals surface area contributed by atoms with Crippen molar-refractivity contribution >= 4 is 52.2 Å². The lowest BCUT2D eigenvalue weighted by molar-refractivity contribution is -0.138. The number of hydrogen-bond donors (Lipinski definition) is 2. The first-order chi connectivity index (χ1) is 10.8. The molecule has 1 heterocycles. The maximum Gasteiger partial charge on any atom is 0.325 e. The molecule has 0 spiro atoms. The van der Waals surface area contributed by atoms with Gasteiger partial charge in [-0.3, -0.25) is 19.3 Å². The van der Waals surface area contributed by atoms with Crippen LogP contribution in [0.1, 0.15) is 22.8 Å². The molecule has 0 unspecified atom stereocenters. The summed E-state index contributed by atoms with van der Waals surface area (Å²) in [7, 11) is 1.62. The van der Waals surface area contributed by atoms with Crippen molar-refractivity contribution in [1.82, 2.24) is 10.2 Å². The zero-order valence-electron chi connectivity index (χ0n) is 12.4. The number of carbonyl (C=O) groups is 3. The van der Waals surface area contributed by atoms with Gasteiger partial charge in [0.15, 0.2) is 0 Å². The van der Waals surface area contributed by atoms with Gasteiger partial charge in [0, 0.05) is 12.6 Å². The predicted octanol–water partition coefficient (Wildman–Crippen LogP) is 1.72. The molecule has 23 heavy (non-hydrogen) atoms. The second-order valence-corrected chi connectivity index (χ2v) is 6.57. The van der Waals surface area contributed by atoms with Crippen molar-refractivity contribution in [1.29, 1.82) is 0 Å². The lowest BCUT2D eigenvalue weighted by atomic mass is 10.1. The number of aliphatic carboxylic acids is 1. The van der Waals surface area contributed by atoms with Crippen LogP contribution in [0, 0.1) is 0 Å². The number of rotatable bonds is 4. The number of hydrogen-bond acceptors (Lipinski definition) is 5. The molecule has 0 aromatic heterocycles. The Labute approximate surface area is 142 Å². The molecule has 0 bridgehead atoms. The zero-order valence-corrected chi connectivity index (χ0v) is 14.0. The highest BCUT2D eigenvalue weighted by molar-refractivity contribution is 8.26. The van der Waals surface area contributed by atoms with E-state index in [0.29, 0.717) is 14.8 Å². The van der Waals surface area contributed by atoms with Crippen LogP contribution in [0.4, 0.5) is 0 Å². The van der Waals surface area contributed by atoms with E-state index in [1.165, 1.54) is 23.6 Å². The second kappa shape index (κ2) is 6.93. The highest BCUT2D eigenvalue weighted by Gasteiger charge is 2.28. The number of amides is 2. The molecule has 0 aliphatic carbocycles. The van der Waals surface area contributed by atoms with Gasteiger partial charge in [-0.25, -0.2) is 0 Å². The minimum absolute atomic E-state index is 0.155. The molecule has 1 aromatic rings. The summed E-state index contributed by atoms with van der Waals surface area (Å²) in [5, 5.41) is 11.1. The summed E-state index contributed by atoms with van der Waals surface area (Å²) < 4.78 is 0.500. The first-order valence-electron chi connectivity index (χ1n) is 6.65. The first-order valence-corrected chi connectivity index (χ1v) is 7.87. The van der Waals surface area contributed by atoms with Gasteiger partial charge in [-0.2, -0.15) is 0 Å². The summed E-state index contributed by atoms with van der Waals surface area (Å²) >= 11 is 6.28. The predicted molar refractivity (Wildman–Crippen MR) is 91.9 cm³/mol. The van der Waals surface area contributed by atoms with E-state index in [9.17, 15) is 14.4 Å². The number of benzene rings is 1. The molecule has 2 amide bonds. The van der Waals surface area contributed by atoms with Crippen LogP contribution < -0.4 is 5.32 Å². The third-order valence-electron chi connectivity index (χ3n) is 3.18. The van der Waals surface area contributed by atoms with E-state index in [4.69, 9.17) is 17.3 Å². The first kappa shape index (κ1) is 17.2. The average molecular weight is 350 g/mol. The Morgan fingerprint density at radius 3 is 2.43 bits per heavy atom. The molecule has 2 N–H and O–H groups in total. The number of carboxylic acids is 1. The average Bonchev–Trinajstić information content (AvgIpc) is 2.75. The van der Waals surface area contributed by atoms with Crippen LogP contribution in [0.3, 0.4) is 0 Å². The van der Waals surface area contributed by atoms with Gasteiger partial charge in [-0.15, -0.1) is 0 Å². The van der Waals surface area contributed by atoms with E-state index in [2.05, 4.69) is 5.32 Å². The van der Waals surface area contributed by atoms with Gasteiger partial charge < -0.3 is 10.4 Å².